The molecule has 4 amide bonds. The topological polar surface area (TPSA) is 264 Å². The second-order valence-corrected chi connectivity index (χ2v) is 11.1. The lowest BCUT2D eigenvalue weighted by Crippen LogP contribution is -2.57. The molecular formula is C20H33N7O10S2. The summed E-state index contributed by atoms with van der Waals surface area (Å²) in [7, 11) is -2.58. The summed E-state index contributed by atoms with van der Waals surface area (Å²) in [5.41, 5.74) is 5.36. The number of hydrogen-bond donors (Lipinski definition) is 6. The second-order valence-electron chi connectivity index (χ2n) is 8.43. The number of carbonyl (C=O) groups excluding carboxylic acids is 4. The maximum Gasteiger partial charge on any atom is 0.267 e. The highest BCUT2D eigenvalue weighted by Gasteiger charge is 2.42. The van der Waals surface area contributed by atoms with E-state index in [-0.39, 0.29) is 56.9 Å². The molecule has 0 spiro atoms. The van der Waals surface area contributed by atoms with Gasteiger partial charge in [-0.2, -0.15) is 0 Å². The molecular weight excluding hydrogens is 562 g/mol. The van der Waals surface area contributed by atoms with Crippen LogP contribution in [0, 0.1) is 5.92 Å². The Hall–Kier alpha value is -2.81. The fourth-order valence-electron chi connectivity index (χ4n) is 3.71. The number of ether oxygens (including phenoxy) is 3. The van der Waals surface area contributed by atoms with E-state index in [4.69, 9.17) is 25.1 Å². The minimum Gasteiger partial charge on any atom is -0.390 e. The molecule has 19 heteroatoms. The van der Waals surface area contributed by atoms with Crippen molar-refractivity contribution in [2.75, 3.05) is 45.4 Å². The lowest BCUT2D eigenvalue weighted by Gasteiger charge is -2.38. The van der Waals surface area contributed by atoms with E-state index in [0.29, 0.717) is 24.2 Å². The number of hydrogen-bond acceptors (Lipinski definition) is 13. The lowest BCUT2D eigenvalue weighted by atomic mass is 9.80. The molecule has 8 N–H and O–H groups in total. The number of amides is 4. The molecule has 1 aromatic rings. The van der Waals surface area contributed by atoms with Gasteiger partial charge in [0.25, 0.3) is 15.9 Å². The number of primary sulfonamides is 1. The molecule has 1 fully saturated rings. The van der Waals surface area contributed by atoms with Crippen LogP contribution in [0.3, 0.4) is 0 Å². The van der Waals surface area contributed by atoms with Crippen LogP contribution < -0.4 is 26.8 Å². The number of nitrogens with one attached hydrogen (secondary N) is 3. The molecule has 0 aromatic carbocycles. The van der Waals surface area contributed by atoms with Crippen LogP contribution in [-0.2, 0) is 43.4 Å². The third-order valence-electron chi connectivity index (χ3n) is 5.57. The third-order valence-corrected chi connectivity index (χ3v) is 7.72. The van der Waals surface area contributed by atoms with Crippen molar-refractivity contribution >= 4 is 50.1 Å². The minimum absolute atomic E-state index is 0.0411. The Morgan fingerprint density at radius 1 is 1.05 bits per heavy atom. The van der Waals surface area contributed by atoms with Crippen LogP contribution in [0.1, 0.15) is 25.7 Å². The summed E-state index contributed by atoms with van der Waals surface area (Å²) >= 11 is 0.604. The molecule has 2 rings (SSSR count). The molecule has 1 aliphatic rings. The van der Waals surface area contributed by atoms with Gasteiger partial charge in [0.1, 0.15) is 6.61 Å². The number of primary amides is 1. The Labute approximate surface area is 228 Å². The number of rotatable bonds is 16. The van der Waals surface area contributed by atoms with Gasteiger partial charge in [0.15, 0.2) is 0 Å². The van der Waals surface area contributed by atoms with Crippen molar-refractivity contribution in [3.05, 3.63) is 0 Å². The summed E-state index contributed by atoms with van der Waals surface area (Å²) in [6.45, 7) is 0.234. The molecule has 17 nitrogen and oxygen atoms in total. The molecule has 1 aromatic heterocycles. The van der Waals surface area contributed by atoms with E-state index in [1.165, 1.54) is 7.11 Å². The first kappa shape index (κ1) is 32.4. The van der Waals surface area contributed by atoms with E-state index in [0.717, 1.165) is 0 Å². The predicted molar refractivity (Wildman–Crippen MR) is 134 cm³/mol. The van der Waals surface area contributed by atoms with Gasteiger partial charge in [-0.25, -0.2) is 13.6 Å². The van der Waals surface area contributed by atoms with Crippen molar-refractivity contribution in [1.82, 2.24) is 20.8 Å². The summed E-state index contributed by atoms with van der Waals surface area (Å²) < 4.78 is 37.5. The number of methoxy groups -OCH3 is 1. The third kappa shape index (κ3) is 11.1. The van der Waals surface area contributed by atoms with E-state index >= 15 is 0 Å². The average Bonchev–Trinajstić information content (AvgIpc) is 3.34. The summed E-state index contributed by atoms with van der Waals surface area (Å²) in [6.07, 6.45) is -1.05. The predicted octanol–water partition coefficient (Wildman–Crippen LogP) is -3.19. The molecule has 0 radical (unpaired) electrons. The first-order valence-electron chi connectivity index (χ1n) is 11.8. The molecule has 4 atom stereocenters. The summed E-state index contributed by atoms with van der Waals surface area (Å²) in [5.74, 6) is -3.04. The Balaban J connectivity index is 1.51. The van der Waals surface area contributed by atoms with Crippen molar-refractivity contribution < 1.29 is 46.9 Å². The fraction of sp³-hybridized carbons (Fsp3) is 0.700. The number of carbonyl (C=O) groups is 4. The maximum absolute atomic E-state index is 12.2. The zero-order chi connectivity index (χ0) is 29.0. The number of nitrogens with zero attached hydrogens (tertiary/aromatic N) is 2. The van der Waals surface area contributed by atoms with Crippen LogP contribution in [0.25, 0.3) is 0 Å². The van der Waals surface area contributed by atoms with Gasteiger partial charge in [0.2, 0.25) is 27.2 Å². The van der Waals surface area contributed by atoms with Gasteiger partial charge in [0, 0.05) is 26.5 Å². The number of aliphatic hydroxyl groups is 1. The Morgan fingerprint density at radius 3 is 2.38 bits per heavy atom. The van der Waals surface area contributed by atoms with Gasteiger partial charge in [-0.15, -0.1) is 10.2 Å². The molecule has 4 unspecified atom stereocenters. The van der Waals surface area contributed by atoms with Gasteiger partial charge < -0.3 is 35.7 Å². The Morgan fingerprint density at radius 2 is 1.74 bits per heavy atom. The number of aromatic nitrogens is 2. The van der Waals surface area contributed by atoms with Crippen LogP contribution in [0.15, 0.2) is 4.34 Å². The SMILES string of the molecule is COC1CCC(NC(=O)CCC(=O)NCCOCCOCC(=O)Nc2nnc(S(N)(=O)=O)s2)C(O)C1C(N)=O. The molecule has 1 saturated carbocycles. The molecule has 1 heterocycles. The number of anilines is 1. The maximum atomic E-state index is 12.2. The van der Waals surface area contributed by atoms with E-state index < -0.39 is 56.3 Å². The fourth-order valence-corrected chi connectivity index (χ4v) is 5.06. The summed E-state index contributed by atoms with van der Waals surface area (Å²) in [4.78, 5) is 47.6. The van der Waals surface area contributed by atoms with Gasteiger partial charge >= 0.3 is 0 Å². The molecule has 0 saturated heterocycles. The van der Waals surface area contributed by atoms with Crippen LogP contribution >= 0.6 is 11.3 Å². The standard InChI is InChI=1S/C20H33N7O10S2/c1-35-12-3-2-11(17(31)16(12)18(21)32)24-14(29)5-4-13(28)23-6-7-36-8-9-37-10-15(30)25-19-26-27-20(38-19)39(22,33)34/h11-12,16-17,31H,2-10H2,1H3,(H2,21,32)(H,23,28)(H,24,29)(H2,22,33,34)(H,25,26,30). The van der Waals surface area contributed by atoms with E-state index in [1.54, 1.807) is 0 Å². The Kier molecular flexibility index (Phi) is 13.0. The van der Waals surface area contributed by atoms with Gasteiger partial charge in [0.05, 0.1) is 44.0 Å². The van der Waals surface area contributed by atoms with Gasteiger partial charge in [-0.05, 0) is 12.8 Å². The zero-order valence-electron chi connectivity index (χ0n) is 21.2. The van der Waals surface area contributed by atoms with Gasteiger partial charge in [-0.3, -0.25) is 24.5 Å². The number of aliphatic hydroxyl groups excluding tert-OH is 1. The smallest absolute Gasteiger partial charge is 0.267 e. The summed E-state index contributed by atoms with van der Waals surface area (Å²) in [5, 5.41) is 29.7. The van der Waals surface area contributed by atoms with Crippen molar-refractivity contribution in [1.29, 1.82) is 0 Å². The highest BCUT2D eigenvalue weighted by atomic mass is 32.2. The highest BCUT2D eigenvalue weighted by molar-refractivity contribution is 7.91. The number of nitrogens with two attached hydrogens (primary N) is 2. The van der Waals surface area contributed by atoms with Crippen molar-refractivity contribution in [3.8, 4) is 0 Å². The average molecular weight is 596 g/mol. The Bertz CT molecular complexity index is 1100. The highest BCUT2D eigenvalue weighted by Crippen LogP contribution is 2.27. The molecule has 1 aliphatic carbocycles. The first-order valence-corrected chi connectivity index (χ1v) is 14.2. The molecule has 39 heavy (non-hydrogen) atoms. The lowest BCUT2D eigenvalue weighted by molar-refractivity contribution is -0.140. The first-order chi connectivity index (χ1) is 18.4. The van der Waals surface area contributed by atoms with Crippen LogP contribution in [0.4, 0.5) is 5.13 Å². The minimum atomic E-state index is -4.00. The van der Waals surface area contributed by atoms with Crippen LogP contribution in [-0.4, -0.2) is 106 Å². The summed E-state index contributed by atoms with van der Waals surface area (Å²) in [6, 6.07) is -0.668. The van der Waals surface area contributed by atoms with Gasteiger partial charge in [-0.1, -0.05) is 11.3 Å². The quantitative estimate of drug-likeness (QED) is 0.0815. The monoisotopic (exact) mass is 595 g/mol. The molecule has 0 aliphatic heterocycles. The van der Waals surface area contributed by atoms with E-state index in [2.05, 4.69) is 26.1 Å². The van der Waals surface area contributed by atoms with Crippen molar-refractivity contribution in [2.45, 2.75) is 48.3 Å². The van der Waals surface area contributed by atoms with Crippen LogP contribution in [0.5, 0.6) is 0 Å². The van der Waals surface area contributed by atoms with E-state index in [9.17, 15) is 32.7 Å². The van der Waals surface area contributed by atoms with Crippen LogP contribution in [0.2, 0.25) is 0 Å². The van der Waals surface area contributed by atoms with Crippen molar-refractivity contribution in [3.63, 3.8) is 0 Å². The van der Waals surface area contributed by atoms with Crippen molar-refractivity contribution in [2.24, 2.45) is 16.8 Å². The largest absolute Gasteiger partial charge is 0.390 e. The molecule has 220 valence electrons. The number of sulfonamides is 1. The zero-order valence-corrected chi connectivity index (χ0v) is 22.8. The molecule has 0 bridgehead atoms. The normalized spacial score (nSPS) is 21.2. The van der Waals surface area contributed by atoms with E-state index in [1.807, 2.05) is 0 Å². The second kappa shape index (κ2) is 15.7.